The highest BCUT2D eigenvalue weighted by molar-refractivity contribution is 5.86. The number of nitriles is 1. The number of rotatable bonds is 7. The molecule has 9 heteroatoms. The molecule has 0 bridgehead atoms. The zero-order chi connectivity index (χ0) is 24.8. The molecule has 9 nitrogen and oxygen atoms in total. The molecule has 1 unspecified atom stereocenters. The Balaban J connectivity index is 1.44. The third-order valence-electron chi connectivity index (χ3n) is 6.20. The van der Waals surface area contributed by atoms with Crippen LogP contribution in [0, 0.1) is 17.2 Å². The summed E-state index contributed by atoms with van der Waals surface area (Å²) in [6, 6.07) is 19.1. The Labute approximate surface area is 203 Å². The normalized spacial score (nSPS) is 14.7. The number of piperidine rings is 1. The largest absolute Gasteiger partial charge is 0.481 e. The number of carbonyl (C=O) groups is 2. The van der Waals surface area contributed by atoms with Gasteiger partial charge in [0.2, 0.25) is 0 Å². The molecule has 2 heterocycles. The summed E-state index contributed by atoms with van der Waals surface area (Å²) >= 11 is 0. The topological polar surface area (TPSA) is 120 Å². The van der Waals surface area contributed by atoms with Gasteiger partial charge in [-0.1, -0.05) is 30.3 Å². The fourth-order valence-electron chi connectivity index (χ4n) is 4.27. The Morgan fingerprint density at radius 1 is 1.14 bits per heavy atom. The molecule has 180 valence electrons. The van der Waals surface area contributed by atoms with E-state index in [2.05, 4.69) is 21.4 Å². The van der Waals surface area contributed by atoms with Crippen molar-refractivity contribution >= 4 is 23.6 Å². The van der Waals surface area contributed by atoms with E-state index in [0.717, 1.165) is 37.2 Å². The SMILES string of the molecule is CC(OC(=O)Nc1c(C#N)cnn1-c1ccc(N2CCC(CC(=O)O)CC2)cc1)c1ccccc1. The minimum atomic E-state index is -0.744. The fourth-order valence-corrected chi connectivity index (χ4v) is 4.27. The summed E-state index contributed by atoms with van der Waals surface area (Å²) in [5.41, 5.74) is 2.79. The molecule has 4 rings (SSSR count). The van der Waals surface area contributed by atoms with E-state index in [1.165, 1.54) is 10.9 Å². The van der Waals surface area contributed by atoms with Crippen LogP contribution in [0.15, 0.2) is 60.8 Å². The van der Waals surface area contributed by atoms with Crippen LogP contribution in [-0.2, 0) is 9.53 Å². The third-order valence-corrected chi connectivity index (χ3v) is 6.20. The number of ether oxygens (including phenoxy) is 1. The van der Waals surface area contributed by atoms with Crippen molar-refractivity contribution in [1.29, 1.82) is 5.26 Å². The monoisotopic (exact) mass is 473 g/mol. The molecule has 3 aromatic rings. The number of nitrogens with zero attached hydrogens (tertiary/aromatic N) is 4. The lowest BCUT2D eigenvalue weighted by atomic mass is 9.93. The predicted octanol–water partition coefficient (Wildman–Crippen LogP) is 4.74. The highest BCUT2D eigenvalue weighted by Crippen LogP contribution is 2.27. The lowest BCUT2D eigenvalue weighted by molar-refractivity contribution is -0.138. The molecule has 2 aromatic carbocycles. The van der Waals surface area contributed by atoms with Crippen molar-refractivity contribution in [1.82, 2.24) is 9.78 Å². The number of aromatic nitrogens is 2. The van der Waals surface area contributed by atoms with E-state index in [9.17, 15) is 14.9 Å². The van der Waals surface area contributed by atoms with Crippen molar-refractivity contribution in [3.63, 3.8) is 0 Å². The van der Waals surface area contributed by atoms with Crippen LogP contribution in [0.4, 0.5) is 16.3 Å². The predicted molar refractivity (Wildman–Crippen MR) is 130 cm³/mol. The van der Waals surface area contributed by atoms with E-state index in [0.29, 0.717) is 5.69 Å². The number of aliphatic carboxylic acids is 1. The Hall–Kier alpha value is -4.32. The van der Waals surface area contributed by atoms with Gasteiger partial charge in [0.1, 0.15) is 17.7 Å². The molecule has 0 radical (unpaired) electrons. The first-order chi connectivity index (χ1) is 16.9. The summed E-state index contributed by atoms with van der Waals surface area (Å²) < 4.78 is 6.98. The Kier molecular flexibility index (Phi) is 7.31. The van der Waals surface area contributed by atoms with Crippen molar-refractivity contribution in [3.05, 3.63) is 71.9 Å². The average molecular weight is 474 g/mol. The molecule has 35 heavy (non-hydrogen) atoms. The molecule has 1 aliphatic heterocycles. The van der Waals surface area contributed by atoms with Crippen LogP contribution in [0.2, 0.25) is 0 Å². The summed E-state index contributed by atoms with van der Waals surface area (Å²) in [6.45, 7) is 3.38. The van der Waals surface area contributed by atoms with E-state index in [-0.39, 0.29) is 23.7 Å². The zero-order valence-corrected chi connectivity index (χ0v) is 19.4. The number of carbonyl (C=O) groups excluding carboxylic acids is 1. The second-order valence-corrected chi connectivity index (χ2v) is 8.56. The van der Waals surface area contributed by atoms with Gasteiger partial charge in [0.25, 0.3) is 0 Å². The second-order valence-electron chi connectivity index (χ2n) is 8.56. The summed E-state index contributed by atoms with van der Waals surface area (Å²) in [4.78, 5) is 25.8. The quantitative estimate of drug-likeness (QED) is 0.508. The minimum Gasteiger partial charge on any atom is -0.481 e. The molecule has 1 aliphatic rings. The molecule has 0 saturated carbocycles. The molecule has 0 spiro atoms. The van der Waals surface area contributed by atoms with E-state index in [1.807, 2.05) is 54.6 Å². The number of carboxylic acids is 1. The summed E-state index contributed by atoms with van der Waals surface area (Å²) in [5.74, 6) is -0.291. The van der Waals surface area contributed by atoms with Gasteiger partial charge in [-0.25, -0.2) is 9.48 Å². The van der Waals surface area contributed by atoms with Crippen LogP contribution < -0.4 is 10.2 Å². The van der Waals surface area contributed by atoms with Gasteiger partial charge >= 0.3 is 12.1 Å². The zero-order valence-electron chi connectivity index (χ0n) is 19.4. The first-order valence-corrected chi connectivity index (χ1v) is 11.5. The summed E-state index contributed by atoms with van der Waals surface area (Å²) in [6.07, 6.45) is 2.16. The van der Waals surface area contributed by atoms with Gasteiger partial charge in [-0.05, 0) is 55.5 Å². The highest BCUT2D eigenvalue weighted by atomic mass is 16.6. The number of anilines is 2. The lowest BCUT2D eigenvalue weighted by Crippen LogP contribution is -2.34. The van der Waals surface area contributed by atoms with Gasteiger partial charge in [0, 0.05) is 25.2 Å². The first-order valence-electron chi connectivity index (χ1n) is 11.5. The molecule has 1 saturated heterocycles. The van der Waals surface area contributed by atoms with Gasteiger partial charge in [-0.3, -0.25) is 10.1 Å². The number of amides is 1. The molecule has 2 N–H and O–H groups in total. The Morgan fingerprint density at radius 2 is 1.80 bits per heavy atom. The van der Waals surface area contributed by atoms with Gasteiger partial charge < -0.3 is 14.7 Å². The van der Waals surface area contributed by atoms with E-state index >= 15 is 0 Å². The smallest absolute Gasteiger partial charge is 0.413 e. The van der Waals surface area contributed by atoms with Crippen molar-refractivity contribution in [2.75, 3.05) is 23.3 Å². The standard InChI is InChI=1S/C26H27N5O4/c1-18(20-5-3-2-4-6-20)35-26(34)29-25-21(16-27)17-28-31(25)23-9-7-22(8-10-23)30-13-11-19(12-14-30)15-24(32)33/h2-10,17-19H,11-15H2,1H3,(H,29,34)(H,32,33). The average Bonchev–Trinajstić information content (AvgIpc) is 3.27. The van der Waals surface area contributed by atoms with Crippen LogP contribution in [0.5, 0.6) is 0 Å². The summed E-state index contributed by atoms with van der Waals surface area (Å²) in [7, 11) is 0. The number of hydrogen-bond acceptors (Lipinski definition) is 6. The molecular formula is C26H27N5O4. The molecule has 1 amide bonds. The molecule has 0 aliphatic carbocycles. The third kappa shape index (κ3) is 5.79. The van der Waals surface area contributed by atoms with Gasteiger partial charge in [0.15, 0.2) is 5.82 Å². The van der Waals surface area contributed by atoms with Crippen LogP contribution >= 0.6 is 0 Å². The maximum absolute atomic E-state index is 12.6. The van der Waals surface area contributed by atoms with Crippen LogP contribution in [0.25, 0.3) is 5.69 Å². The van der Waals surface area contributed by atoms with E-state index in [4.69, 9.17) is 9.84 Å². The number of benzene rings is 2. The van der Waals surface area contributed by atoms with Gasteiger partial charge in [-0.2, -0.15) is 10.4 Å². The maximum atomic E-state index is 12.6. The Bertz CT molecular complexity index is 1210. The highest BCUT2D eigenvalue weighted by Gasteiger charge is 2.22. The fraction of sp³-hybridized carbons (Fsp3) is 0.308. The van der Waals surface area contributed by atoms with Crippen molar-refractivity contribution in [2.45, 2.75) is 32.3 Å². The minimum absolute atomic E-state index is 0.217. The van der Waals surface area contributed by atoms with Crippen LogP contribution in [0.3, 0.4) is 0 Å². The Morgan fingerprint density at radius 3 is 2.43 bits per heavy atom. The molecule has 1 atom stereocenters. The first kappa shape index (κ1) is 23.8. The van der Waals surface area contributed by atoms with Crippen LogP contribution in [-0.4, -0.2) is 40.0 Å². The lowest BCUT2D eigenvalue weighted by Gasteiger charge is -2.33. The molecule has 1 fully saturated rings. The van der Waals surface area contributed by atoms with Crippen molar-refractivity contribution in [2.24, 2.45) is 5.92 Å². The second kappa shape index (κ2) is 10.7. The van der Waals surface area contributed by atoms with Gasteiger partial charge in [0.05, 0.1) is 11.9 Å². The summed E-state index contributed by atoms with van der Waals surface area (Å²) in [5, 5.41) is 25.5. The number of carboxylic acid groups (broad SMARTS) is 1. The van der Waals surface area contributed by atoms with E-state index in [1.54, 1.807) is 6.92 Å². The maximum Gasteiger partial charge on any atom is 0.413 e. The van der Waals surface area contributed by atoms with E-state index < -0.39 is 18.2 Å². The molecule has 1 aromatic heterocycles. The number of nitrogens with one attached hydrogen (secondary N) is 1. The number of hydrogen-bond donors (Lipinski definition) is 2. The van der Waals surface area contributed by atoms with Crippen molar-refractivity contribution < 1.29 is 19.4 Å². The van der Waals surface area contributed by atoms with Crippen molar-refractivity contribution in [3.8, 4) is 11.8 Å². The van der Waals surface area contributed by atoms with Crippen LogP contribution in [0.1, 0.15) is 43.4 Å². The van der Waals surface area contributed by atoms with Gasteiger partial charge in [-0.15, -0.1) is 0 Å². The molecular weight excluding hydrogens is 446 g/mol.